The van der Waals surface area contributed by atoms with Crippen LogP contribution in [-0.2, 0) is 14.3 Å². The van der Waals surface area contributed by atoms with Crippen molar-refractivity contribution in [2.75, 3.05) is 13.7 Å². The van der Waals surface area contributed by atoms with Gasteiger partial charge in [0.15, 0.2) is 0 Å². The van der Waals surface area contributed by atoms with Gasteiger partial charge < -0.3 is 14.6 Å². The summed E-state index contributed by atoms with van der Waals surface area (Å²) in [5.41, 5.74) is 0.741. The molecule has 7 heteroatoms. The minimum Gasteiger partial charge on any atom is -0.506 e. The van der Waals surface area contributed by atoms with Gasteiger partial charge in [0.05, 0.1) is 18.6 Å². The van der Waals surface area contributed by atoms with Crippen molar-refractivity contribution in [3.63, 3.8) is 0 Å². The number of nitrogens with zero attached hydrogens (tertiary/aromatic N) is 1. The third-order valence-corrected chi connectivity index (χ3v) is 4.49. The second-order valence-corrected chi connectivity index (χ2v) is 6.42. The molecule has 0 unspecified atom stereocenters. The first kappa shape index (κ1) is 19.8. The second-order valence-electron chi connectivity index (χ2n) is 5.39. The smallest absolute Gasteiger partial charge is 0.344 e. The third kappa shape index (κ3) is 4.76. The van der Waals surface area contributed by atoms with Crippen molar-refractivity contribution < 1.29 is 24.2 Å². The number of esters is 1. The van der Waals surface area contributed by atoms with Gasteiger partial charge in [0.1, 0.15) is 22.1 Å². The molecular weight excluding hydrogens is 354 g/mol. The van der Waals surface area contributed by atoms with Crippen LogP contribution in [0.4, 0.5) is 0 Å². The van der Waals surface area contributed by atoms with E-state index in [4.69, 9.17) is 9.47 Å². The number of benzene rings is 1. The molecular formula is C19H21NO5S. The van der Waals surface area contributed by atoms with E-state index in [2.05, 4.69) is 4.99 Å². The van der Waals surface area contributed by atoms with Crippen LogP contribution in [0.15, 0.2) is 45.5 Å². The molecule has 0 radical (unpaired) electrons. The largest absolute Gasteiger partial charge is 0.506 e. The molecule has 0 bridgehead atoms. The Labute approximate surface area is 156 Å². The van der Waals surface area contributed by atoms with Crippen molar-refractivity contribution in [2.24, 2.45) is 4.99 Å². The maximum absolute atomic E-state index is 12.2. The second kappa shape index (κ2) is 9.24. The van der Waals surface area contributed by atoms with E-state index < -0.39 is 5.97 Å². The van der Waals surface area contributed by atoms with Crippen LogP contribution in [0.2, 0.25) is 0 Å². The fraction of sp³-hybridized carbons (Fsp3) is 0.316. The van der Waals surface area contributed by atoms with Gasteiger partial charge in [-0.1, -0.05) is 30.8 Å². The fourth-order valence-electron chi connectivity index (χ4n) is 2.23. The van der Waals surface area contributed by atoms with Gasteiger partial charge >= 0.3 is 5.97 Å². The molecule has 1 aliphatic heterocycles. The first-order valence-corrected chi connectivity index (χ1v) is 9.08. The Morgan fingerprint density at radius 2 is 1.92 bits per heavy atom. The van der Waals surface area contributed by atoms with Gasteiger partial charge in [0, 0.05) is 6.42 Å². The molecule has 1 N–H and O–H groups in total. The van der Waals surface area contributed by atoms with Crippen LogP contribution in [-0.4, -0.2) is 35.7 Å². The highest BCUT2D eigenvalue weighted by Crippen LogP contribution is 2.39. The van der Waals surface area contributed by atoms with Crippen LogP contribution >= 0.6 is 11.8 Å². The molecule has 0 saturated heterocycles. The van der Waals surface area contributed by atoms with E-state index in [1.807, 2.05) is 19.1 Å². The molecule has 1 aromatic rings. The third-order valence-electron chi connectivity index (χ3n) is 3.47. The van der Waals surface area contributed by atoms with Crippen LogP contribution < -0.4 is 4.74 Å². The zero-order valence-electron chi connectivity index (χ0n) is 14.9. The summed E-state index contributed by atoms with van der Waals surface area (Å²) in [4.78, 5) is 28.5. The number of aliphatic imine (C=N–C) groups is 1. The Balaban J connectivity index is 2.40. The first-order valence-electron chi connectivity index (χ1n) is 8.26. The molecule has 6 nitrogen and oxygen atoms in total. The minimum absolute atomic E-state index is 0.0685. The number of hydrogen-bond acceptors (Lipinski definition) is 6. The molecule has 0 fully saturated rings. The van der Waals surface area contributed by atoms with E-state index in [-0.39, 0.29) is 35.3 Å². The molecule has 138 valence electrons. The predicted molar refractivity (Wildman–Crippen MR) is 102 cm³/mol. The number of methoxy groups -OCH3 is 1. The highest BCUT2D eigenvalue weighted by Gasteiger charge is 2.33. The topological polar surface area (TPSA) is 85.2 Å². The molecule has 1 aromatic carbocycles. The molecule has 26 heavy (non-hydrogen) atoms. The number of ether oxygens (including phenoxy) is 2. The quantitative estimate of drug-likeness (QED) is 0.760. The Morgan fingerprint density at radius 3 is 2.50 bits per heavy atom. The SMILES string of the molecule is CCCC(=O)N=C1S/C(=C\c2ccc(OC)cc2)C(O)=C1C(=O)OCC. The number of aliphatic hydroxyl groups excluding tert-OH is 1. The molecule has 1 aliphatic rings. The fourth-order valence-corrected chi connectivity index (χ4v) is 3.26. The highest BCUT2D eigenvalue weighted by molar-refractivity contribution is 8.18. The normalized spacial score (nSPS) is 17.0. The average molecular weight is 375 g/mol. The number of thioether (sulfide) groups is 1. The summed E-state index contributed by atoms with van der Waals surface area (Å²) in [6, 6.07) is 7.22. The van der Waals surface area contributed by atoms with Crippen LogP contribution in [0.25, 0.3) is 6.08 Å². The molecule has 0 aromatic heterocycles. The first-order chi connectivity index (χ1) is 12.5. The lowest BCUT2D eigenvalue weighted by Crippen LogP contribution is -2.14. The van der Waals surface area contributed by atoms with E-state index in [0.717, 1.165) is 17.3 Å². The van der Waals surface area contributed by atoms with Gasteiger partial charge in [-0.15, -0.1) is 0 Å². The number of amides is 1. The van der Waals surface area contributed by atoms with Crippen molar-refractivity contribution in [3.8, 4) is 5.75 Å². The summed E-state index contributed by atoms with van der Waals surface area (Å²) >= 11 is 1.07. The van der Waals surface area contributed by atoms with Crippen LogP contribution in [0.1, 0.15) is 32.3 Å². The van der Waals surface area contributed by atoms with Gasteiger partial charge in [-0.25, -0.2) is 9.79 Å². The predicted octanol–water partition coefficient (Wildman–Crippen LogP) is 3.88. The van der Waals surface area contributed by atoms with E-state index >= 15 is 0 Å². The Morgan fingerprint density at radius 1 is 1.23 bits per heavy atom. The van der Waals surface area contributed by atoms with Gasteiger partial charge in [-0.2, -0.15) is 0 Å². The summed E-state index contributed by atoms with van der Waals surface area (Å²) in [6.07, 6.45) is 2.64. The van der Waals surface area contributed by atoms with Gasteiger partial charge in [-0.3, -0.25) is 4.79 Å². The molecule has 0 spiro atoms. The monoisotopic (exact) mass is 375 g/mol. The van der Waals surface area contributed by atoms with Crippen molar-refractivity contribution in [1.29, 1.82) is 0 Å². The van der Waals surface area contributed by atoms with Crippen molar-refractivity contribution in [2.45, 2.75) is 26.7 Å². The minimum atomic E-state index is -0.696. The number of carbonyl (C=O) groups excluding carboxylic acids is 2. The standard InChI is InChI=1S/C19H21NO5S/c1-4-6-15(21)20-18-16(19(23)25-5-2)17(22)14(26-18)11-12-7-9-13(24-3)10-8-12/h7-11,22H,4-6H2,1-3H3/b14-11-,20-18?. The van der Waals surface area contributed by atoms with Crippen molar-refractivity contribution >= 4 is 34.8 Å². The summed E-state index contributed by atoms with van der Waals surface area (Å²) in [6.45, 7) is 3.70. The van der Waals surface area contributed by atoms with Crippen molar-refractivity contribution in [3.05, 3.63) is 46.1 Å². The van der Waals surface area contributed by atoms with Gasteiger partial charge in [-0.05, 0) is 37.1 Å². The molecule has 0 aliphatic carbocycles. The molecule has 1 amide bonds. The molecule has 0 saturated carbocycles. The Kier molecular flexibility index (Phi) is 7.03. The van der Waals surface area contributed by atoms with Gasteiger partial charge in [0.25, 0.3) is 0 Å². The maximum Gasteiger partial charge on any atom is 0.344 e. The summed E-state index contributed by atoms with van der Waals surface area (Å²) < 4.78 is 10.1. The molecule has 2 rings (SSSR count). The lowest BCUT2D eigenvalue weighted by Gasteiger charge is -2.03. The molecule has 1 heterocycles. The lowest BCUT2D eigenvalue weighted by atomic mass is 10.1. The van der Waals surface area contributed by atoms with Gasteiger partial charge in [0.2, 0.25) is 5.91 Å². The van der Waals surface area contributed by atoms with Crippen molar-refractivity contribution in [1.82, 2.24) is 0 Å². The maximum atomic E-state index is 12.2. The molecule has 0 atom stereocenters. The zero-order chi connectivity index (χ0) is 19.1. The van der Waals surface area contributed by atoms with E-state index in [0.29, 0.717) is 17.1 Å². The van der Waals surface area contributed by atoms with Crippen LogP contribution in [0.3, 0.4) is 0 Å². The Bertz CT molecular complexity index is 778. The Hall–Kier alpha value is -2.54. The summed E-state index contributed by atoms with van der Waals surface area (Å²) in [7, 11) is 1.58. The summed E-state index contributed by atoms with van der Waals surface area (Å²) in [5.74, 6) is -0.549. The highest BCUT2D eigenvalue weighted by atomic mass is 32.2. The summed E-state index contributed by atoms with van der Waals surface area (Å²) in [5, 5.41) is 10.7. The number of rotatable bonds is 6. The van der Waals surface area contributed by atoms with E-state index in [1.165, 1.54) is 0 Å². The van der Waals surface area contributed by atoms with Crippen LogP contribution in [0, 0.1) is 0 Å². The number of hydrogen-bond donors (Lipinski definition) is 1. The van der Waals surface area contributed by atoms with Crippen LogP contribution in [0.5, 0.6) is 5.75 Å². The number of carbonyl (C=O) groups is 2. The van der Waals surface area contributed by atoms with E-state index in [1.54, 1.807) is 32.2 Å². The average Bonchev–Trinajstić information content (AvgIpc) is 2.91. The zero-order valence-corrected chi connectivity index (χ0v) is 15.8. The van der Waals surface area contributed by atoms with E-state index in [9.17, 15) is 14.7 Å². The lowest BCUT2D eigenvalue weighted by molar-refractivity contribution is -0.138. The number of aliphatic hydroxyl groups is 1.